The Labute approximate surface area is 112 Å². The number of rotatable bonds is 3. The van der Waals surface area contributed by atoms with Crippen molar-refractivity contribution in [3.8, 4) is 0 Å². The number of anilines is 1. The van der Waals surface area contributed by atoms with E-state index < -0.39 is 0 Å². The maximum atomic E-state index is 12.1. The molecule has 2 nitrogen and oxygen atoms in total. The molecule has 0 atom stereocenters. The highest BCUT2D eigenvalue weighted by Crippen LogP contribution is 2.27. The Morgan fingerprint density at radius 2 is 2.06 bits per heavy atom. The van der Waals surface area contributed by atoms with Gasteiger partial charge in [0.1, 0.15) is 0 Å². The van der Waals surface area contributed by atoms with Gasteiger partial charge in [0.15, 0.2) is 0 Å². The van der Waals surface area contributed by atoms with Crippen molar-refractivity contribution < 1.29 is 4.79 Å². The molecule has 1 amide bonds. The Balaban J connectivity index is 2.31. The van der Waals surface area contributed by atoms with Crippen LogP contribution in [0.2, 0.25) is 0 Å². The van der Waals surface area contributed by atoms with E-state index >= 15 is 0 Å². The topological polar surface area (TPSA) is 29.1 Å². The van der Waals surface area contributed by atoms with Crippen LogP contribution in [0.15, 0.2) is 35.0 Å². The number of carbonyl (C=O) groups excluding carboxylic acids is 1. The van der Waals surface area contributed by atoms with E-state index in [2.05, 4.69) is 25.2 Å². The van der Waals surface area contributed by atoms with Crippen molar-refractivity contribution in [2.45, 2.75) is 26.7 Å². The summed E-state index contributed by atoms with van der Waals surface area (Å²) in [5.74, 6) is 0.357. The largest absolute Gasteiger partial charge is 0.321 e. The zero-order valence-electron chi connectivity index (χ0n) is 10.9. The van der Waals surface area contributed by atoms with Crippen molar-refractivity contribution in [3.05, 3.63) is 51.7 Å². The predicted octanol–water partition coefficient (Wildman–Crippen LogP) is 4.43. The predicted molar refractivity (Wildman–Crippen MR) is 77.5 cm³/mol. The molecule has 0 spiro atoms. The number of carbonyl (C=O) groups is 1. The lowest BCUT2D eigenvalue weighted by atomic mass is 9.98. The van der Waals surface area contributed by atoms with E-state index in [4.69, 9.17) is 0 Å². The Morgan fingerprint density at radius 3 is 2.67 bits per heavy atom. The van der Waals surface area contributed by atoms with Crippen molar-refractivity contribution >= 4 is 22.9 Å². The fourth-order valence-corrected chi connectivity index (χ4v) is 2.56. The van der Waals surface area contributed by atoms with Gasteiger partial charge in [-0.1, -0.05) is 32.0 Å². The minimum Gasteiger partial charge on any atom is -0.321 e. The molecule has 18 heavy (non-hydrogen) atoms. The summed E-state index contributed by atoms with van der Waals surface area (Å²) in [4.78, 5) is 12.1. The van der Waals surface area contributed by atoms with Gasteiger partial charge in [0.25, 0.3) is 5.91 Å². The van der Waals surface area contributed by atoms with Crippen molar-refractivity contribution in [3.63, 3.8) is 0 Å². The Bertz CT molecular complexity index is 544. The Hall–Kier alpha value is -1.61. The number of hydrogen-bond donors (Lipinski definition) is 1. The molecule has 1 heterocycles. The number of nitrogens with one attached hydrogen (secondary N) is 1. The normalized spacial score (nSPS) is 10.7. The van der Waals surface area contributed by atoms with Crippen LogP contribution in [-0.4, -0.2) is 5.91 Å². The standard InChI is InChI=1S/C15H17NOS/c1-10(2)13-6-4-5-11(3)14(13)16-15(17)12-7-8-18-9-12/h4-10H,1-3H3,(H,16,17). The molecule has 0 aliphatic rings. The van der Waals surface area contributed by atoms with Gasteiger partial charge in [-0.3, -0.25) is 4.79 Å². The minimum absolute atomic E-state index is 0.0348. The van der Waals surface area contributed by atoms with Crippen LogP contribution in [0.4, 0.5) is 5.69 Å². The van der Waals surface area contributed by atoms with Gasteiger partial charge in [-0.25, -0.2) is 0 Å². The van der Waals surface area contributed by atoms with Gasteiger partial charge in [-0.2, -0.15) is 11.3 Å². The van der Waals surface area contributed by atoms with Crippen molar-refractivity contribution in [1.82, 2.24) is 0 Å². The van der Waals surface area contributed by atoms with E-state index in [1.807, 2.05) is 35.9 Å². The molecule has 0 aliphatic carbocycles. The smallest absolute Gasteiger partial charge is 0.256 e. The molecule has 0 saturated heterocycles. The molecule has 0 saturated carbocycles. The quantitative estimate of drug-likeness (QED) is 0.868. The third-order valence-electron chi connectivity index (χ3n) is 2.95. The lowest BCUT2D eigenvalue weighted by Crippen LogP contribution is -2.14. The van der Waals surface area contributed by atoms with Crippen LogP contribution in [0.1, 0.15) is 41.3 Å². The van der Waals surface area contributed by atoms with Crippen molar-refractivity contribution in [2.24, 2.45) is 0 Å². The average Bonchev–Trinajstić information content (AvgIpc) is 2.85. The summed E-state index contributed by atoms with van der Waals surface area (Å²) in [6.45, 7) is 6.29. The molecule has 3 heteroatoms. The van der Waals surface area contributed by atoms with Crippen molar-refractivity contribution in [2.75, 3.05) is 5.32 Å². The fourth-order valence-electron chi connectivity index (χ4n) is 1.92. The first-order valence-electron chi connectivity index (χ1n) is 6.02. The first kappa shape index (κ1) is 12.8. The van der Waals surface area contributed by atoms with Crippen LogP contribution in [0, 0.1) is 6.92 Å². The van der Waals surface area contributed by atoms with E-state index in [1.165, 1.54) is 16.9 Å². The van der Waals surface area contributed by atoms with Gasteiger partial charge in [-0.05, 0) is 35.4 Å². The zero-order valence-corrected chi connectivity index (χ0v) is 11.7. The summed E-state index contributed by atoms with van der Waals surface area (Å²) in [6, 6.07) is 7.97. The third-order valence-corrected chi connectivity index (χ3v) is 3.63. The molecule has 0 aliphatic heterocycles. The number of hydrogen-bond acceptors (Lipinski definition) is 2. The lowest BCUT2D eigenvalue weighted by Gasteiger charge is -2.16. The van der Waals surface area contributed by atoms with E-state index in [1.54, 1.807) is 0 Å². The Morgan fingerprint density at radius 1 is 1.28 bits per heavy atom. The lowest BCUT2D eigenvalue weighted by molar-refractivity contribution is 0.102. The molecule has 1 aromatic heterocycles. The fraction of sp³-hybridized carbons (Fsp3) is 0.267. The third kappa shape index (κ3) is 2.62. The summed E-state index contributed by atoms with van der Waals surface area (Å²) in [5, 5.41) is 6.81. The van der Waals surface area contributed by atoms with Gasteiger partial charge >= 0.3 is 0 Å². The molecule has 94 valence electrons. The molecular formula is C15H17NOS. The molecule has 1 N–H and O–H groups in total. The average molecular weight is 259 g/mol. The molecule has 2 rings (SSSR count). The van der Waals surface area contributed by atoms with E-state index in [-0.39, 0.29) is 5.91 Å². The number of benzene rings is 1. The van der Waals surface area contributed by atoms with Crippen LogP contribution >= 0.6 is 11.3 Å². The second-order valence-corrected chi connectivity index (χ2v) is 5.44. The number of amides is 1. The molecule has 0 radical (unpaired) electrons. The monoisotopic (exact) mass is 259 g/mol. The van der Waals surface area contributed by atoms with E-state index in [9.17, 15) is 4.79 Å². The summed E-state index contributed by atoms with van der Waals surface area (Å²) in [6.07, 6.45) is 0. The molecule has 0 bridgehead atoms. The van der Waals surface area contributed by atoms with Gasteiger partial charge < -0.3 is 5.32 Å². The van der Waals surface area contributed by atoms with Gasteiger partial charge in [0.2, 0.25) is 0 Å². The maximum absolute atomic E-state index is 12.1. The van der Waals surface area contributed by atoms with Gasteiger partial charge in [0.05, 0.1) is 5.56 Å². The van der Waals surface area contributed by atoms with E-state index in [0.717, 1.165) is 16.8 Å². The van der Waals surface area contributed by atoms with Gasteiger partial charge in [0, 0.05) is 11.1 Å². The highest BCUT2D eigenvalue weighted by molar-refractivity contribution is 7.08. The first-order chi connectivity index (χ1) is 8.59. The molecule has 1 aromatic carbocycles. The van der Waals surface area contributed by atoms with E-state index in [0.29, 0.717) is 5.92 Å². The molecule has 0 unspecified atom stereocenters. The highest BCUT2D eigenvalue weighted by atomic mass is 32.1. The number of aryl methyl sites for hydroxylation is 1. The second-order valence-electron chi connectivity index (χ2n) is 4.66. The van der Waals surface area contributed by atoms with Gasteiger partial charge in [-0.15, -0.1) is 0 Å². The van der Waals surface area contributed by atoms with Crippen molar-refractivity contribution in [1.29, 1.82) is 0 Å². The maximum Gasteiger partial charge on any atom is 0.256 e. The number of para-hydroxylation sites is 1. The Kier molecular flexibility index (Phi) is 3.82. The molecule has 2 aromatic rings. The van der Waals surface area contributed by atoms with Crippen LogP contribution in [0.25, 0.3) is 0 Å². The summed E-state index contributed by atoms with van der Waals surface area (Å²) in [5.41, 5.74) is 3.95. The molecule has 0 fully saturated rings. The highest BCUT2D eigenvalue weighted by Gasteiger charge is 2.13. The first-order valence-corrected chi connectivity index (χ1v) is 6.97. The zero-order chi connectivity index (χ0) is 13.1. The summed E-state index contributed by atoms with van der Waals surface area (Å²) >= 11 is 1.53. The van der Waals surface area contributed by atoms with Crippen LogP contribution in [-0.2, 0) is 0 Å². The summed E-state index contributed by atoms with van der Waals surface area (Å²) in [7, 11) is 0. The van der Waals surface area contributed by atoms with Crippen LogP contribution in [0.5, 0.6) is 0 Å². The van der Waals surface area contributed by atoms with Crippen LogP contribution < -0.4 is 5.32 Å². The number of thiophene rings is 1. The second kappa shape index (κ2) is 5.36. The SMILES string of the molecule is Cc1cccc(C(C)C)c1NC(=O)c1ccsc1. The summed E-state index contributed by atoms with van der Waals surface area (Å²) < 4.78 is 0. The minimum atomic E-state index is -0.0348. The molecular weight excluding hydrogens is 242 g/mol. The van der Waals surface area contributed by atoms with Crippen LogP contribution in [0.3, 0.4) is 0 Å².